The lowest BCUT2D eigenvalue weighted by Gasteiger charge is -2.27. The highest BCUT2D eigenvalue weighted by Crippen LogP contribution is 2.44. The van der Waals surface area contributed by atoms with Crippen LogP contribution in [0.15, 0.2) is 18.2 Å². The number of aromatic hydroxyl groups is 2. The molecule has 0 fully saturated rings. The van der Waals surface area contributed by atoms with Gasteiger partial charge in [0.1, 0.15) is 11.5 Å². The second-order valence-electron chi connectivity index (χ2n) is 5.88. The van der Waals surface area contributed by atoms with Gasteiger partial charge in [0.05, 0.1) is 6.10 Å². The summed E-state index contributed by atoms with van der Waals surface area (Å²) < 4.78 is 0. The van der Waals surface area contributed by atoms with Crippen LogP contribution < -0.4 is 0 Å². The molecule has 0 heterocycles. The maximum absolute atomic E-state index is 10.1. The highest BCUT2D eigenvalue weighted by Gasteiger charge is 2.26. The summed E-state index contributed by atoms with van der Waals surface area (Å²) in [6.45, 7) is 5.55. The molecule has 3 nitrogen and oxygen atoms in total. The van der Waals surface area contributed by atoms with Gasteiger partial charge in [0.2, 0.25) is 0 Å². The minimum absolute atomic E-state index is 0.239. The van der Waals surface area contributed by atoms with E-state index in [-0.39, 0.29) is 5.75 Å². The van der Waals surface area contributed by atoms with Gasteiger partial charge < -0.3 is 15.3 Å². The first-order valence-corrected chi connectivity index (χ1v) is 7.27. The van der Waals surface area contributed by atoms with Crippen molar-refractivity contribution in [2.24, 2.45) is 0 Å². The van der Waals surface area contributed by atoms with Gasteiger partial charge >= 0.3 is 0 Å². The first-order chi connectivity index (χ1) is 9.91. The summed E-state index contributed by atoms with van der Waals surface area (Å²) in [6.07, 6.45) is 1.00. The number of rotatable bonds is 1. The van der Waals surface area contributed by atoms with E-state index < -0.39 is 6.10 Å². The lowest BCUT2D eigenvalue weighted by atomic mass is 9.78. The number of phenolic OH excluding ortho intramolecular Hbond substituents is 2. The van der Waals surface area contributed by atoms with E-state index in [2.05, 4.69) is 0 Å². The second kappa shape index (κ2) is 4.78. The fourth-order valence-electron chi connectivity index (χ4n) is 3.35. The van der Waals surface area contributed by atoms with Crippen LogP contribution in [0, 0.1) is 13.8 Å². The number of hydrogen-bond donors (Lipinski definition) is 3. The highest BCUT2D eigenvalue weighted by atomic mass is 16.3. The molecular weight excluding hydrogens is 264 g/mol. The van der Waals surface area contributed by atoms with Crippen molar-refractivity contribution in [3.63, 3.8) is 0 Å². The van der Waals surface area contributed by atoms with Crippen LogP contribution in [0.1, 0.15) is 40.8 Å². The van der Waals surface area contributed by atoms with E-state index >= 15 is 0 Å². The molecule has 0 saturated heterocycles. The molecule has 0 radical (unpaired) electrons. The molecular formula is C18H20O3. The van der Waals surface area contributed by atoms with E-state index in [4.69, 9.17) is 0 Å². The third-order valence-corrected chi connectivity index (χ3v) is 4.63. The smallest absolute Gasteiger partial charge is 0.119 e. The standard InChI is InChI=1S/C18H20O3/c1-9-12-4-5-13-10(2)17(21)8-15(11(3)19)18(13)14(12)6-7-16(9)20/h6-8,11,19-21H,4-5H2,1-3H3/t11-/m0/s1. The SMILES string of the molecule is Cc1c(O)ccc2c1CCc1c(C)c(O)cc([C@H](C)O)c1-2. The molecule has 0 unspecified atom stereocenters. The molecule has 1 aliphatic rings. The number of fused-ring (bicyclic) bond motifs is 3. The van der Waals surface area contributed by atoms with Gasteiger partial charge in [-0.1, -0.05) is 6.07 Å². The summed E-state index contributed by atoms with van der Waals surface area (Å²) in [6, 6.07) is 5.28. The molecule has 0 bridgehead atoms. The third kappa shape index (κ3) is 2.00. The van der Waals surface area contributed by atoms with Crippen LogP contribution in [0.2, 0.25) is 0 Å². The fourth-order valence-corrected chi connectivity index (χ4v) is 3.35. The van der Waals surface area contributed by atoms with Crippen molar-refractivity contribution in [3.8, 4) is 22.6 Å². The summed E-state index contributed by atoms with van der Waals surface area (Å²) in [5.74, 6) is 0.551. The van der Waals surface area contributed by atoms with Crippen LogP contribution in [-0.4, -0.2) is 15.3 Å². The zero-order valence-corrected chi connectivity index (χ0v) is 12.6. The molecule has 21 heavy (non-hydrogen) atoms. The molecule has 0 amide bonds. The second-order valence-corrected chi connectivity index (χ2v) is 5.88. The Balaban J connectivity index is 2.38. The average Bonchev–Trinajstić information content (AvgIpc) is 2.45. The Kier molecular flexibility index (Phi) is 3.18. The van der Waals surface area contributed by atoms with Crippen molar-refractivity contribution in [2.45, 2.75) is 39.7 Å². The van der Waals surface area contributed by atoms with Crippen molar-refractivity contribution in [2.75, 3.05) is 0 Å². The molecule has 2 aromatic carbocycles. The Labute approximate surface area is 124 Å². The predicted molar refractivity (Wildman–Crippen MR) is 82.7 cm³/mol. The van der Waals surface area contributed by atoms with Crippen molar-refractivity contribution >= 4 is 0 Å². The molecule has 0 aromatic heterocycles. The van der Waals surface area contributed by atoms with Gasteiger partial charge in [-0.3, -0.25) is 0 Å². The predicted octanol–water partition coefficient (Wildman–Crippen LogP) is 3.53. The zero-order valence-electron chi connectivity index (χ0n) is 12.6. The summed E-state index contributed by atoms with van der Waals surface area (Å²) in [5.41, 5.74) is 6.85. The number of benzene rings is 2. The van der Waals surface area contributed by atoms with E-state index in [1.807, 2.05) is 19.9 Å². The zero-order chi connectivity index (χ0) is 15.3. The van der Waals surface area contributed by atoms with E-state index in [1.54, 1.807) is 19.1 Å². The van der Waals surface area contributed by atoms with E-state index in [0.717, 1.165) is 51.8 Å². The molecule has 110 valence electrons. The van der Waals surface area contributed by atoms with Gasteiger partial charge in [-0.15, -0.1) is 0 Å². The normalized spacial score (nSPS) is 14.5. The Morgan fingerprint density at radius 3 is 2.24 bits per heavy atom. The number of phenols is 2. The summed E-state index contributed by atoms with van der Waals surface area (Å²) >= 11 is 0. The fraction of sp³-hybridized carbons (Fsp3) is 0.333. The summed E-state index contributed by atoms with van der Waals surface area (Å²) in [5, 5.41) is 30.1. The van der Waals surface area contributed by atoms with Crippen molar-refractivity contribution in [3.05, 3.63) is 46.0 Å². The minimum Gasteiger partial charge on any atom is -0.508 e. The van der Waals surface area contributed by atoms with Gasteiger partial charge in [-0.05, 0) is 84.7 Å². The van der Waals surface area contributed by atoms with Gasteiger partial charge in [0, 0.05) is 0 Å². The van der Waals surface area contributed by atoms with E-state index in [9.17, 15) is 15.3 Å². The number of aliphatic hydroxyl groups is 1. The molecule has 0 saturated carbocycles. The Morgan fingerprint density at radius 2 is 1.57 bits per heavy atom. The van der Waals surface area contributed by atoms with Crippen LogP contribution in [0.5, 0.6) is 11.5 Å². The monoisotopic (exact) mass is 284 g/mol. The van der Waals surface area contributed by atoms with Crippen LogP contribution in [0.4, 0.5) is 0 Å². The Bertz CT molecular complexity index is 730. The van der Waals surface area contributed by atoms with Crippen molar-refractivity contribution in [1.82, 2.24) is 0 Å². The molecule has 1 aliphatic carbocycles. The van der Waals surface area contributed by atoms with Crippen LogP contribution in [0.3, 0.4) is 0 Å². The average molecular weight is 284 g/mol. The molecule has 3 N–H and O–H groups in total. The van der Waals surface area contributed by atoms with Gasteiger partial charge in [0.15, 0.2) is 0 Å². The molecule has 1 atom stereocenters. The largest absolute Gasteiger partial charge is 0.508 e. The summed E-state index contributed by atoms with van der Waals surface area (Å²) in [7, 11) is 0. The maximum atomic E-state index is 10.1. The molecule has 0 aliphatic heterocycles. The van der Waals surface area contributed by atoms with Crippen LogP contribution >= 0.6 is 0 Å². The quantitative estimate of drug-likeness (QED) is 0.750. The van der Waals surface area contributed by atoms with Gasteiger partial charge in [-0.25, -0.2) is 0 Å². The summed E-state index contributed by atoms with van der Waals surface area (Å²) in [4.78, 5) is 0. The van der Waals surface area contributed by atoms with Gasteiger partial charge in [-0.2, -0.15) is 0 Å². The first-order valence-electron chi connectivity index (χ1n) is 7.27. The number of aliphatic hydroxyl groups excluding tert-OH is 1. The van der Waals surface area contributed by atoms with E-state index in [1.165, 1.54) is 0 Å². The maximum Gasteiger partial charge on any atom is 0.119 e. The molecule has 0 spiro atoms. The lowest BCUT2D eigenvalue weighted by molar-refractivity contribution is 0.199. The highest BCUT2D eigenvalue weighted by molar-refractivity contribution is 5.80. The first kappa shape index (κ1) is 14.0. The van der Waals surface area contributed by atoms with Crippen LogP contribution in [-0.2, 0) is 12.8 Å². The van der Waals surface area contributed by atoms with Crippen molar-refractivity contribution < 1.29 is 15.3 Å². The van der Waals surface area contributed by atoms with Crippen molar-refractivity contribution in [1.29, 1.82) is 0 Å². The molecule has 3 heteroatoms. The number of hydrogen-bond acceptors (Lipinski definition) is 3. The Morgan fingerprint density at radius 1 is 0.952 bits per heavy atom. The van der Waals surface area contributed by atoms with Crippen LogP contribution in [0.25, 0.3) is 11.1 Å². The lowest BCUT2D eigenvalue weighted by Crippen LogP contribution is -2.11. The van der Waals surface area contributed by atoms with E-state index in [0.29, 0.717) is 5.75 Å². The Hall–Kier alpha value is -2.00. The topological polar surface area (TPSA) is 60.7 Å². The molecule has 3 rings (SSSR count). The van der Waals surface area contributed by atoms with Gasteiger partial charge in [0.25, 0.3) is 0 Å². The molecule has 2 aromatic rings. The third-order valence-electron chi connectivity index (χ3n) is 4.63. The minimum atomic E-state index is -0.648.